The third-order valence-corrected chi connectivity index (χ3v) is 5.37. The lowest BCUT2D eigenvalue weighted by molar-refractivity contribution is -0.118. The van der Waals surface area contributed by atoms with Crippen molar-refractivity contribution in [1.82, 2.24) is 4.90 Å². The van der Waals surface area contributed by atoms with Crippen LogP contribution in [0, 0.1) is 0 Å². The maximum absolute atomic E-state index is 12.3. The van der Waals surface area contributed by atoms with E-state index in [-0.39, 0.29) is 12.0 Å². The number of likely N-dealkylation sites (tertiary alicyclic amines) is 1. The van der Waals surface area contributed by atoms with Gasteiger partial charge in [0, 0.05) is 32.1 Å². The second-order valence-electron chi connectivity index (χ2n) is 6.58. The minimum absolute atomic E-state index is 0.221. The number of fused-ring (bicyclic) bond motifs is 1. The molecule has 3 rings (SSSR count). The summed E-state index contributed by atoms with van der Waals surface area (Å²) in [5, 5.41) is 0. The molecule has 1 saturated heterocycles. The molecule has 2 aliphatic rings. The van der Waals surface area contributed by atoms with Crippen molar-refractivity contribution < 1.29 is 9.53 Å². The summed E-state index contributed by atoms with van der Waals surface area (Å²) in [5.41, 5.74) is 2.27. The second-order valence-corrected chi connectivity index (χ2v) is 7.43. The quantitative estimate of drug-likeness (QED) is 0.799. The molecule has 0 N–H and O–H groups in total. The Balaban J connectivity index is 1.77. The number of anilines is 1. The summed E-state index contributed by atoms with van der Waals surface area (Å²) in [6, 6.07) is 4.18. The molecule has 1 aromatic carbocycles. The second kappa shape index (κ2) is 7.22. The first kappa shape index (κ1) is 16.8. The van der Waals surface area contributed by atoms with Gasteiger partial charge in [0.05, 0.1) is 10.2 Å². The molecule has 1 fully saturated rings. The number of hydrogen-bond acceptors (Lipinski definition) is 3. The summed E-state index contributed by atoms with van der Waals surface area (Å²) >= 11 is 3.64. The molecule has 0 radical (unpaired) electrons. The van der Waals surface area contributed by atoms with E-state index in [1.54, 1.807) is 0 Å². The van der Waals surface area contributed by atoms with Crippen molar-refractivity contribution in [3.8, 4) is 5.75 Å². The predicted octanol–water partition coefficient (Wildman–Crippen LogP) is 3.61. The van der Waals surface area contributed by atoms with Crippen LogP contribution in [0.3, 0.4) is 0 Å². The third kappa shape index (κ3) is 3.72. The van der Waals surface area contributed by atoms with E-state index in [0.29, 0.717) is 6.42 Å². The maximum Gasteiger partial charge on any atom is 0.226 e. The van der Waals surface area contributed by atoms with Crippen LogP contribution in [0.4, 0.5) is 5.69 Å². The van der Waals surface area contributed by atoms with Crippen molar-refractivity contribution >= 4 is 27.5 Å². The van der Waals surface area contributed by atoms with Gasteiger partial charge in [0.2, 0.25) is 5.91 Å². The molecule has 0 spiro atoms. The van der Waals surface area contributed by atoms with Crippen molar-refractivity contribution in [3.05, 3.63) is 22.2 Å². The van der Waals surface area contributed by atoms with Crippen LogP contribution in [0.2, 0.25) is 0 Å². The average molecular weight is 381 g/mol. The van der Waals surface area contributed by atoms with Gasteiger partial charge in [0.1, 0.15) is 11.9 Å². The molecular weight excluding hydrogens is 356 g/mol. The topological polar surface area (TPSA) is 32.8 Å². The molecule has 0 atom stereocenters. The molecule has 0 saturated carbocycles. The molecule has 0 unspecified atom stereocenters. The summed E-state index contributed by atoms with van der Waals surface area (Å²) in [7, 11) is 2.15. The fourth-order valence-corrected chi connectivity index (χ4v) is 3.85. The molecule has 4 nitrogen and oxygen atoms in total. The van der Waals surface area contributed by atoms with E-state index in [9.17, 15) is 4.79 Å². The largest absolute Gasteiger partial charge is 0.489 e. The first-order valence-electron chi connectivity index (χ1n) is 8.56. The summed E-state index contributed by atoms with van der Waals surface area (Å²) in [4.78, 5) is 16.6. The monoisotopic (exact) mass is 380 g/mol. The van der Waals surface area contributed by atoms with E-state index >= 15 is 0 Å². The zero-order valence-electron chi connectivity index (χ0n) is 14.0. The maximum atomic E-state index is 12.3. The molecular formula is C18H25BrN2O2. The molecule has 0 aliphatic carbocycles. The number of ether oxygens (including phenoxy) is 1. The Morgan fingerprint density at radius 3 is 2.74 bits per heavy atom. The molecule has 0 aromatic heterocycles. The summed E-state index contributed by atoms with van der Waals surface area (Å²) < 4.78 is 7.24. The van der Waals surface area contributed by atoms with Gasteiger partial charge in [0.25, 0.3) is 0 Å². The molecule has 126 valence electrons. The number of hydrogen-bond donors (Lipinski definition) is 0. The zero-order chi connectivity index (χ0) is 16.4. The van der Waals surface area contributed by atoms with Gasteiger partial charge in [0.15, 0.2) is 0 Å². The fourth-order valence-electron chi connectivity index (χ4n) is 3.37. The first-order chi connectivity index (χ1) is 11.1. The van der Waals surface area contributed by atoms with E-state index in [0.717, 1.165) is 61.2 Å². The van der Waals surface area contributed by atoms with Crippen LogP contribution < -0.4 is 9.64 Å². The van der Waals surface area contributed by atoms with E-state index < -0.39 is 0 Å². The lowest BCUT2D eigenvalue weighted by Crippen LogP contribution is -2.35. The lowest BCUT2D eigenvalue weighted by atomic mass is 10.1. The Hall–Kier alpha value is -1.07. The van der Waals surface area contributed by atoms with Gasteiger partial charge < -0.3 is 14.5 Å². The highest BCUT2D eigenvalue weighted by molar-refractivity contribution is 9.10. The minimum Gasteiger partial charge on any atom is -0.489 e. The molecule has 2 heterocycles. The Morgan fingerprint density at radius 2 is 2.04 bits per heavy atom. The van der Waals surface area contributed by atoms with E-state index in [1.807, 2.05) is 11.8 Å². The van der Waals surface area contributed by atoms with Crippen molar-refractivity contribution in [1.29, 1.82) is 0 Å². The molecule has 2 aliphatic heterocycles. The number of nitrogens with zero attached hydrogens (tertiary/aromatic N) is 2. The third-order valence-electron chi connectivity index (χ3n) is 4.75. The Bertz CT molecular complexity index is 583. The molecule has 5 heteroatoms. The van der Waals surface area contributed by atoms with E-state index in [1.165, 1.54) is 5.56 Å². The van der Waals surface area contributed by atoms with Gasteiger partial charge in [-0.15, -0.1) is 0 Å². The number of carbonyl (C=O) groups excluding carboxylic acids is 1. The minimum atomic E-state index is 0.221. The van der Waals surface area contributed by atoms with Crippen LogP contribution in [-0.2, 0) is 11.2 Å². The van der Waals surface area contributed by atoms with Gasteiger partial charge in [-0.2, -0.15) is 0 Å². The molecule has 1 amide bonds. The van der Waals surface area contributed by atoms with Gasteiger partial charge in [-0.05, 0) is 60.3 Å². The van der Waals surface area contributed by atoms with Crippen LogP contribution in [-0.4, -0.2) is 43.6 Å². The Kier molecular flexibility index (Phi) is 5.27. The summed E-state index contributed by atoms with van der Waals surface area (Å²) in [5.74, 6) is 1.09. The SMILES string of the molecule is CCCC(=O)N1CCc2cc(Br)c(OC3CCN(C)CC3)cc21. The number of rotatable bonds is 4. The van der Waals surface area contributed by atoms with Crippen LogP contribution in [0.5, 0.6) is 5.75 Å². The van der Waals surface area contributed by atoms with Crippen molar-refractivity contribution in [2.24, 2.45) is 0 Å². The standard InChI is InChI=1S/C18H25BrN2O2/c1-3-4-18(22)21-10-5-13-11-15(19)17(12-16(13)21)23-14-6-8-20(2)9-7-14/h11-12,14H,3-10H2,1-2H3. The normalized spacial score (nSPS) is 19.0. The van der Waals surface area contributed by atoms with Crippen LogP contribution in [0.25, 0.3) is 0 Å². The lowest BCUT2D eigenvalue weighted by Gasteiger charge is -2.30. The highest BCUT2D eigenvalue weighted by Gasteiger charge is 2.27. The van der Waals surface area contributed by atoms with Crippen molar-refractivity contribution in [2.75, 3.05) is 31.6 Å². The number of halogens is 1. The fraction of sp³-hybridized carbons (Fsp3) is 0.611. The van der Waals surface area contributed by atoms with Crippen molar-refractivity contribution in [2.45, 2.75) is 45.1 Å². The van der Waals surface area contributed by atoms with E-state index in [4.69, 9.17) is 4.74 Å². The zero-order valence-corrected chi connectivity index (χ0v) is 15.6. The molecule has 23 heavy (non-hydrogen) atoms. The highest BCUT2D eigenvalue weighted by atomic mass is 79.9. The van der Waals surface area contributed by atoms with Crippen LogP contribution >= 0.6 is 15.9 Å². The summed E-state index contributed by atoms with van der Waals surface area (Å²) in [6.07, 6.45) is 4.80. The molecule has 1 aromatic rings. The number of benzene rings is 1. The Morgan fingerprint density at radius 1 is 1.30 bits per heavy atom. The molecule has 0 bridgehead atoms. The van der Waals surface area contributed by atoms with Gasteiger partial charge in [-0.3, -0.25) is 4.79 Å². The number of carbonyl (C=O) groups is 1. The highest BCUT2D eigenvalue weighted by Crippen LogP contribution is 2.38. The predicted molar refractivity (Wildman–Crippen MR) is 96.3 cm³/mol. The summed E-state index contributed by atoms with van der Waals surface area (Å²) in [6.45, 7) is 4.99. The number of amides is 1. The van der Waals surface area contributed by atoms with Gasteiger partial charge in [-0.25, -0.2) is 0 Å². The van der Waals surface area contributed by atoms with Crippen LogP contribution in [0.15, 0.2) is 16.6 Å². The van der Waals surface area contributed by atoms with Gasteiger partial charge in [-0.1, -0.05) is 6.92 Å². The average Bonchev–Trinajstić information content (AvgIpc) is 2.93. The smallest absolute Gasteiger partial charge is 0.226 e. The van der Waals surface area contributed by atoms with Crippen LogP contribution in [0.1, 0.15) is 38.2 Å². The first-order valence-corrected chi connectivity index (χ1v) is 9.35. The number of piperidine rings is 1. The van der Waals surface area contributed by atoms with E-state index in [2.05, 4.69) is 40.0 Å². The van der Waals surface area contributed by atoms with Gasteiger partial charge >= 0.3 is 0 Å². The van der Waals surface area contributed by atoms with Crippen molar-refractivity contribution in [3.63, 3.8) is 0 Å². The Labute approximate surface area is 146 Å².